The van der Waals surface area contributed by atoms with Gasteiger partial charge in [0, 0.05) is 5.56 Å². The Morgan fingerprint density at radius 2 is 1.63 bits per heavy atom. The molecule has 1 atom stereocenters. The van der Waals surface area contributed by atoms with Crippen LogP contribution in [0.5, 0.6) is 5.75 Å². The fourth-order valence-electron chi connectivity index (χ4n) is 3.85. The summed E-state index contributed by atoms with van der Waals surface area (Å²) in [6.07, 6.45) is 6.78. The lowest BCUT2D eigenvalue weighted by Crippen LogP contribution is -2.08. The summed E-state index contributed by atoms with van der Waals surface area (Å²) >= 11 is 0. The van der Waals surface area contributed by atoms with Crippen molar-refractivity contribution in [2.75, 3.05) is 6.61 Å². The average molecular weight is 367 g/mol. The highest BCUT2D eigenvalue weighted by atomic mass is 16.5. The van der Waals surface area contributed by atoms with Crippen LogP contribution in [0.3, 0.4) is 0 Å². The lowest BCUT2D eigenvalue weighted by molar-refractivity contribution is 0.112. The smallest absolute Gasteiger partial charge is 0.150 e. The minimum absolute atomic E-state index is 0.709. The maximum absolute atomic E-state index is 11.0. The van der Waals surface area contributed by atoms with Crippen LogP contribution in [0.25, 0.3) is 0 Å². The molecule has 2 rings (SSSR count). The summed E-state index contributed by atoms with van der Waals surface area (Å²) in [5.74, 6) is 1.64. The van der Waals surface area contributed by atoms with Gasteiger partial charge in [-0.15, -0.1) is 0 Å². The van der Waals surface area contributed by atoms with Gasteiger partial charge in [0.25, 0.3) is 0 Å². The maximum atomic E-state index is 11.0. The first-order valence-corrected chi connectivity index (χ1v) is 10.2. The number of hydrogen-bond donors (Lipinski definition) is 0. The summed E-state index contributed by atoms with van der Waals surface area (Å²) in [6.45, 7) is 11.4. The lowest BCUT2D eigenvalue weighted by atomic mass is 9.90. The van der Waals surface area contributed by atoms with Crippen molar-refractivity contribution in [1.29, 1.82) is 0 Å². The summed E-state index contributed by atoms with van der Waals surface area (Å²) in [7, 11) is 0. The second-order valence-electron chi connectivity index (χ2n) is 7.87. The fourth-order valence-corrected chi connectivity index (χ4v) is 3.85. The second kappa shape index (κ2) is 10.3. The Morgan fingerprint density at radius 1 is 0.926 bits per heavy atom. The van der Waals surface area contributed by atoms with Gasteiger partial charge in [-0.2, -0.15) is 0 Å². The van der Waals surface area contributed by atoms with Gasteiger partial charge in [0.05, 0.1) is 6.61 Å². The monoisotopic (exact) mass is 366 g/mol. The molecule has 146 valence electrons. The molecule has 0 radical (unpaired) electrons. The molecule has 0 aliphatic heterocycles. The van der Waals surface area contributed by atoms with Crippen LogP contribution >= 0.6 is 0 Å². The summed E-state index contributed by atoms with van der Waals surface area (Å²) in [5.41, 5.74) is 7.00. The standard InChI is InChI=1S/C25H34O2/c1-6-8-22(16-23-11-10-18(2)19(3)13-23)9-7-12-27-25-20(4)14-24(17-26)15-21(25)5/h10-11,13-15,17,22H,6-9,12,16H2,1-5H3/t22-/m0/s1. The largest absolute Gasteiger partial charge is 0.493 e. The Balaban J connectivity index is 1.89. The van der Waals surface area contributed by atoms with Crippen molar-refractivity contribution in [2.24, 2.45) is 5.92 Å². The molecule has 2 aromatic rings. The van der Waals surface area contributed by atoms with Gasteiger partial charge in [-0.05, 0) is 92.8 Å². The van der Waals surface area contributed by atoms with Crippen molar-refractivity contribution in [3.8, 4) is 5.75 Å². The predicted molar refractivity (Wildman–Crippen MR) is 114 cm³/mol. The number of aldehydes is 1. The number of carbonyl (C=O) groups excluding carboxylic acids is 1. The lowest BCUT2D eigenvalue weighted by Gasteiger charge is -2.18. The summed E-state index contributed by atoms with van der Waals surface area (Å²) in [5, 5.41) is 0. The Hall–Kier alpha value is -2.09. The maximum Gasteiger partial charge on any atom is 0.150 e. The van der Waals surface area contributed by atoms with Crippen molar-refractivity contribution >= 4 is 6.29 Å². The Morgan fingerprint density at radius 3 is 2.22 bits per heavy atom. The van der Waals surface area contributed by atoms with Crippen molar-refractivity contribution in [3.63, 3.8) is 0 Å². The highest BCUT2D eigenvalue weighted by molar-refractivity contribution is 5.76. The third-order valence-electron chi connectivity index (χ3n) is 5.41. The molecule has 0 fully saturated rings. The van der Waals surface area contributed by atoms with E-state index in [-0.39, 0.29) is 0 Å². The first kappa shape index (κ1) is 21.2. The van der Waals surface area contributed by atoms with E-state index in [0.29, 0.717) is 11.5 Å². The number of hydrogen-bond acceptors (Lipinski definition) is 2. The number of rotatable bonds is 10. The van der Waals surface area contributed by atoms with E-state index < -0.39 is 0 Å². The number of carbonyl (C=O) groups is 1. The summed E-state index contributed by atoms with van der Waals surface area (Å²) in [6, 6.07) is 10.7. The van der Waals surface area contributed by atoms with Gasteiger partial charge < -0.3 is 4.74 Å². The van der Waals surface area contributed by atoms with Gasteiger partial charge in [0.1, 0.15) is 12.0 Å². The van der Waals surface area contributed by atoms with Crippen molar-refractivity contribution in [2.45, 2.75) is 66.7 Å². The fraction of sp³-hybridized carbons (Fsp3) is 0.480. The van der Waals surface area contributed by atoms with E-state index in [1.165, 1.54) is 36.0 Å². The van der Waals surface area contributed by atoms with Crippen molar-refractivity contribution in [3.05, 3.63) is 63.7 Å². The van der Waals surface area contributed by atoms with E-state index in [1.54, 1.807) is 0 Å². The van der Waals surface area contributed by atoms with Gasteiger partial charge in [-0.1, -0.05) is 38.0 Å². The third kappa shape index (κ3) is 6.23. The van der Waals surface area contributed by atoms with Crippen LogP contribution < -0.4 is 4.74 Å². The highest BCUT2D eigenvalue weighted by Crippen LogP contribution is 2.26. The molecular weight excluding hydrogens is 332 g/mol. The summed E-state index contributed by atoms with van der Waals surface area (Å²) < 4.78 is 6.06. The van der Waals surface area contributed by atoms with E-state index in [0.717, 1.165) is 42.6 Å². The van der Waals surface area contributed by atoms with Crippen LogP contribution in [-0.2, 0) is 6.42 Å². The molecule has 0 saturated heterocycles. The molecule has 2 aromatic carbocycles. The normalized spacial score (nSPS) is 12.0. The quantitative estimate of drug-likeness (QED) is 0.352. The van der Waals surface area contributed by atoms with Gasteiger partial charge >= 0.3 is 0 Å². The molecule has 0 aromatic heterocycles. The van der Waals surface area contributed by atoms with Crippen molar-refractivity contribution in [1.82, 2.24) is 0 Å². The zero-order chi connectivity index (χ0) is 19.8. The Kier molecular flexibility index (Phi) is 8.09. The molecule has 0 heterocycles. The van der Waals surface area contributed by atoms with Gasteiger partial charge in [0.2, 0.25) is 0 Å². The minimum atomic E-state index is 0.709. The molecule has 2 heteroatoms. The van der Waals surface area contributed by atoms with Gasteiger partial charge in [-0.25, -0.2) is 0 Å². The van der Waals surface area contributed by atoms with Crippen LogP contribution in [0.15, 0.2) is 30.3 Å². The van der Waals surface area contributed by atoms with E-state index in [1.807, 2.05) is 26.0 Å². The van der Waals surface area contributed by atoms with Crippen LogP contribution in [0.2, 0.25) is 0 Å². The SMILES string of the molecule is CCC[C@@H](CCCOc1c(C)cc(C=O)cc1C)Cc1ccc(C)c(C)c1. The summed E-state index contributed by atoms with van der Waals surface area (Å²) in [4.78, 5) is 11.0. The molecule has 0 unspecified atom stereocenters. The van der Waals surface area contributed by atoms with Crippen LogP contribution in [0.4, 0.5) is 0 Å². The van der Waals surface area contributed by atoms with E-state index in [9.17, 15) is 4.79 Å². The molecule has 0 saturated carbocycles. The number of aryl methyl sites for hydroxylation is 4. The molecule has 0 bridgehead atoms. The molecular formula is C25H34O2. The van der Waals surface area contributed by atoms with Gasteiger partial charge in [0.15, 0.2) is 0 Å². The van der Waals surface area contributed by atoms with Crippen LogP contribution in [0, 0.1) is 33.6 Å². The number of ether oxygens (including phenoxy) is 1. The molecule has 2 nitrogen and oxygen atoms in total. The van der Waals surface area contributed by atoms with Crippen LogP contribution in [0.1, 0.15) is 70.8 Å². The second-order valence-corrected chi connectivity index (χ2v) is 7.87. The Bertz CT molecular complexity index is 738. The first-order chi connectivity index (χ1) is 12.9. The van der Waals surface area contributed by atoms with E-state index in [2.05, 4.69) is 39.0 Å². The van der Waals surface area contributed by atoms with Crippen LogP contribution in [-0.4, -0.2) is 12.9 Å². The molecule has 0 aliphatic carbocycles. The van der Waals surface area contributed by atoms with E-state index >= 15 is 0 Å². The van der Waals surface area contributed by atoms with Crippen molar-refractivity contribution < 1.29 is 9.53 Å². The van der Waals surface area contributed by atoms with E-state index in [4.69, 9.17) is 4.74 Å². The molecule has 0 N–H and O–H groups in total. The number of benzene rings is 2. The third-order valence-corrected chi connectivity index (χ3v) is 5.41. The Labute approximate surface area is 165 Å². The molecule has 27 heavy (non-hydrogen) atoms. The van der Waals surface area contributed by atoms with Gasteiger partial charge in [-0.3, -0.25) is 4.79 Å². The average Bonchev–Trinajstić information content (AvgIpc) is 2.63. The topological polar surface area (TPSA) is 26.3 Å². The predicted octanol–water partition coefficient (Wildman–Crippen LogP) is 6.55. The zero-order valence-electron chi connectivity index (χ0n) is 17.6. The zero-order valence-corrected chi connectivity index (χ0v) is 17.6. The molecule has 0 aliphatic rings. The molecule has 0 spiro atoms. The first-order valence-electron chi connectivity index (χ1n) is 10.2. The highest BCUT2D eigenvalue weighted by Gasteiger charge is 2.11. The molecule has 0 amide bonds. The minimum Gasteiger partial charge on any atom is -0.493 e.